The van der Waals surface area contributed by atoms with Gasteiger partial charge in [-0.25, -0.2) is 0 Å². The number of alkyl halides is 3. The maximum absolute atomic E-state index is 11.8. The molecule has 0 N–H and O–H groups in total. The zero-order valence-corrected chi connectivity index (χ0v) is 8.33. The lowest BCUT2D eigenvalue weighted by molar-refractivity contribution is -0.130. The van der Waals surface area contributed by atoms with Gasteiger partial charge < -0.3 is 0 Å². The molecular formula is C8H13F3Si. The summed E-state index contributed by atoms with van der Waals surface area (Å²) in [6.07, 6.45) is 0.342. The van der Waals surface area contributed by atoms with E-state index < -0.39 is 20.7 Å². The minimum absolute atomic E-state index is 0.237. The molecule has 0 saturated carbocycles. The van der Waals surface area contributed by atoms with Gasteiger partial charge in [0.05, 0.1) is 8.07 Å². The third kappa shape index (κ3) is 6.29. The van der Waals surface area contributed by atoms with Crippen LogP contribution < -0.4 is 0 Å². The molecule has 0 nitrogen and oxygen atoms in total. The number of hydrogen-bond acceptors (Lipinski definition) is 0. The SMILES string of the molecule is C#CC[Si](C)(C)CCC(F)(F)F. The van der Waals surface area contributed by atoms with E-state index >= 15 is 0 Å². The molecule has 4 heteroatoms. The van der Waals surface area contributed by atoms with E-state index in [0.717, 1.165) is 0 Å². The second kappa shape index (κ2) is 3.99. The molecule has 0 aliphatic carbocycles. The van der Waals surface area contributed by atoms with E-state index in [1.807, 2.05) is 13.1 Å². The maximum atomic E-state index is 11.8. The molecule has 0 unspecified atom stereocenters. The maximum Gasteiger partial charge on any atom is 0.388 e. The zero-order chi connectivity index (χ0) is 9.83. The molecule has 0 radical (unpaired) electrons. The van der Waals surface area contributed by atoms with Crippen molar-refractivity contribution in [3.8, 4) is 12.3 Å². The largest absolute Gasteiger partial charge is 0.388 e. The van der Waals surface area contributed by atoms with Crippen molar-refractivity contribution in [2.75, 3.05) is 0 Å². The molecule has 0 aromatic heterocycles. The van der Waals surface area contributed by atoms with Crippen molar-refractivity contribution in [3.05, 3.63) is 0 Å². The van der Waals surface area contributed by atoms with Gasteiger partial charge in [-0.05, 0) is 6.04 Å². The summed E-state index contributed by atoms with van der Waals surface area (Å²) in [5, 5.41) is 0. The van der Waals surface area contributed by atoms with Crippen LogP contribution in [-0.4, -0.2) is 14.3 Å². The summed E-state index contributed by atoms with van der Waals surface area (Å²) in [7, 11) is -1.77. The van der Waals surface area contributed by atoms with Gasteiger partial charge in [-0.2, -0.15) is 13.2 Å². The van der Waals surface area contributed by atoms with Crippen molar-refractivity contribution in [3.63, 3.8) is 0 Å². The smallest absolute Gasteiger partial charge is 0.171 e. The average molecular weight is 194 g/mol. The second-order valence-electron chi connectivity index (χ2n) is 3.66. The Balaban J connectivity index is 3.85. The Labute approximate surface area is 72.2 Å². The van der Waals surface area contributed by atoms with Crippen LogP contribution in [-0.2, 0) is 0 Å². The van der Waals surface area contributed by atoms with Crippen LogP contribution in [0.3, 0.4) is 0 Å². The highest BCUT2D eigenvalue weighted by atomic mass is 28.3. The van der Waals surface area contributed by atoms with Gasteiger partial charge in [0.25, 0.3) is 0 Å². The van der Waals surface area contributed by atoms with Crippen molar-refractivity contribution < 1.29 is 13.2 Å². The fourth-order valence-corrected chi connectivity index (χ4v) is 2.53. The molecule has 0 bridgehead atoms. The Bertz CT molecular complexity index is 176. The van der Waals surface area contributed by atoms with Gasteiger partial charge >= 0.3 is 6.18 Å². The van der Waals surface area contributed by atoms with Crippen molar-refractivity contribution in [1.29, 1.82) is 0 Å². The molecular weight excluding hydrogens is 181 g/mol. The van der Waals surface area contributed by atoms with E-state index in [2.05, 4.69) is 5.92 Å². The summed E-state index contributed by atoms with van der Waals surface area (Å²) in [6, 6.07) is 0.768. The molecule has 0 aromatic rings. The van der Waals surface area contributed by atoms with Crippen LogP contribution in [0.5, 0.6) is 0 Å². The van der Waals surface area contributed by atoms with Gasteiger partial charge in [0, 0.05) is 12.5 Å². The summed E-state index contributed by atoms with van der Waals surface area (Å²) in [4.78, 5) is 0. The van der Waals surface area contributed by atoms with E-state index in [0.29, 0.717) is 6.04 Å². The van der Waals surface area contributed by atoms with Gasteiger partial charge in [0.15, 0.2) is 0 Å². The summed E-state index contributed by atoms with van der Waals surface area (Å²) in [5.41, 5.74) is 0. The van der Waals surface area contributed by atoms with Crippen LogP contribution in [0.15, 0.2) is 0 Å². The predicted octanol–water partition coefficient (Wildman–Crippen LogP) is 3.28. The topological polar surface area (TPSA) is 0 Å². The molecule has 0 rings (SSSR count). The van der Waals surface area contributed by atoms with E-state index in [9.17, 15) is 13.2 Å². The molecule has 0 amide bonds. The van der Waals surface area contributed by atoms with Gasteiger partial charge in [-0.15, -0.1) is 12.3 Å². The Morgan fingerprint density at radius 3 is 2.17 bits per heavy atom. The number of rotatable bonds is 3. The second-order valence-corrected chi connectivity index (χ2v) is 8.84. The van der Waals surface area contributed by atoms with E-state index in [1.165, 1.54) is 0 Å². The standard InChI is InChI=1S/C8H13F3Si/c1-4-6-12(2,3)7-5-8(9,10)11/h1H,5-7H2,2-3H3. The van der Waals surface area contributed by atoms with Crippen molar-refractivity contribution in [2.24, 2.45) is 0 Å². The average Bonchev–Trinajstić information content (AvgIpc) is 1.83. The third-order valence-corrected chi connectivity index (χ3v) is 4.43. The lowest BCUT2D eigenvalue weighted by atomic mass is 10.5. The molecule has 0 aliphatic rings. The Morgan fingerprint density at radius 1 is 1.33 bits per heavy atom. The molecule has 0 fully saturated rings. The van der Waals surface area contributed by atoms with Crippen LogP contribution in [0, 0.1) is 12.3 Å². The first kappa shape index (κ1) is 11.6. The van der Waals surface area contributed by atoms with E-state index in [-0.39, 0.29) is 6.04 Å². The number of hydrogen-bond donors (Lipinski definition) is 0. The summed E-state index contributed by atoms with van der Waals surface area (Å²) in [6.45, 7) is 3.78. The first-order valence-corrected chi connectivity index (χ1v) is 7.18. The van der Waals surface area contributed by atoms with Gasteiger partial charge in [-0.3, -0.25) is 0 Å². The molecule has 0 aromatic carbocycles. The monoisotopic (exact) mass is 194 g/mol. The van der Waals surface area contributed by atoms with Crippen LogP contribution in [0.1, 0.15) is 6.42 Å². The highest BCUT2D eigenvalue weighted by Gasteiger charge is 2.31. The lowest BCUT2D eigenvalue weighted by Gasteiger charge is -2.19. The van der Waals surface area contributed by atoms with Gasteiger partial charge in [0.2, 0.25) is 0 Å². The minimum atomic E-state index is -4.03. The summed E-state index contributed by atoms with van der Waals surface area (Å²) < 4.78 is 35.4. The van der Waals surface area contributed by atoms with E-state index in [1.54, 1.807) is 0 Å². The zero-order valence-electron chi connectivity index (χ0n) is 7.33. The molecule has 0 aliphatic heterocycles. The Hall–Kier alpha value is -0.433. The molecule has 0 atom stereocenters. The van der Waals surface area contributed by atoms with Gasteiger partial charge in [-0.1, -0.05) is 13.1 Å². The number of halogens is 3. The van der Waals surface area contributed by atoms with E-state index in [4.69, 9.17) is 6.42 Å². The summed E-state index contributed by atoms with van der Waals surface area (Å²) in [5.74, 6) is 2.44. The van der Waals surface area contributed by atoms with Crippen molar-refractivity contribution in [2.45, 2.75) is 37.8 Å². The van der Waals surface area contributed by atoms with Crippen LogP contribution in [0.25, 0.3) is 0 Å². The molecule has 0 spiro atoms. The Kier molecular flexibility index (Phi) is 3.85. The molecule has 0 heterocycles. The first-order chi connectivity index (χ1) is 5.27. The van der Waals surface area contributed by atoms with Crippen molar-refractivity contribution in [1.82, 2.24) is 0 Å². The highest BCUT2D eigenvalue weighted by Crippen LogP contribution is 2.27. The first-order valence-electron chi connectivity index (χ1n) is 3.77. The fraction of sp³-hybridized carbons (Fsp3) is 0.750. The van der Waals surface area contributed by atoms with Crippen molar-refractivity contribution >= 4 is 8.07 Å². The molecule has 70 valence electrons. The lowest BCUT2D eigenvalue weighted by Crippen LogP contribution is -2.26. The van der Waals surface area contributed by atoms with Gasteiger partial charge in [0.1, 0.15) is 0 Å². The predicted molar refractivity (Wildman–Crippen MR) is 46.6 cm³/mol. The van der Waals surface area contributed by atoms with Crippen LogP contribution in [0.2, 0.25) is 25.2 Å². The third-order valence-electron chi connectivity index (χ3n) is 1.67. The quantitative estimate of drug-likeness (QED) is 0.478. The Morgan fingerprint density at radius 2 is 1.83 bits per heavy atom. The van der Waals surface area contributed by atoms with Crippen LogP contribution in [0.4, 0.5) is 13.2 Å². The van der Waals surface area contributed by atoms with Crippen LogP contribution >= 0.6 is 0 Å². The normalized spacial score (nSPS) is 12.7. The highest BCUT2D eigenvalue weighted by molar-refractivity contribution is 6.78. The summed E-state index contributed by atoms with van der Waals surface area (Å²) >= 11 is 0. The molecule has 12 heavy (non-hydrogen) atoms. The fourth-order valence-electron chi connectivity index (χ4n) is 0.845. The minimum Gasteiger partial charge on any atom is -0.171 e. The molecule has 0 saturated heterocycles. The number of terminal acetylenes is 1.